The van der Waals surface area contributed by atoms with Crippen LogP contribution in [0.3, 0.4) is 0 Å². The second kappa shape index (κ2) is 8.89. The molecule has 1 aliphatic rings. The Labute approximate surface area is 169 Å². The summed E-state index contributed by atoms with van der Waals surface area (Å²) in [5.41, 5.74) is 1.66. The number of benzene rings is 1. The van der Waals surface area contributed by atoms with Crippen molar-refractivity contribution < 1.29 is 18.5 Å². The molecule has 0 saturated carbocycles. The molecule has 1 aromatic carbocycles. The minimum atomic E-state index is -2.73. The summed E-state index contributed by atoms with van der Waals surface area (Å²) in [6.07, 6.45) is 1.66. The van der Waals surface area contributed by atoms with E-state index in [2.05, 4.69) is 22.8 Å². The van der Waals surface area contributed by atoms with E-state index in [1.54, 1.807) is 7.11 Å². The number of amides is 1. The molecule has 1 atom stereocenters. The van der Waals surface area contributed by atoms with Gasteiger partial charge in [0.2, 0.25) is 0 Å². The average Bonchev–Trinajstić information content (AvgIpc) is 3.16. The zero-order valence-corrected chi connectivity index (χ0v) is 17.4. The molecule has 1 unspecified atom stereocenters. The third kappa shape index (κ3) is 5.01. The van der Waals surface area contributed by atoms with Gasteiger partial charge in [0.05, 0.1) is 17.7 Å². The number of nitrogens with zero attached hydrogens (tertiary/aromatic N) is 1. The van der Waals surface area contributed by atoms with Crippen molar-refractivity contribution in [2.75, 3.05) is 31.4 Å². The summed E-state index contributed by atoms with van der Waals surface area (Å²) in [5, 5.41) is 4.98. The molecule has 8 heteroatoms. The predicted octanol–water partition coefficient (Wildman–Crippen LogP) is 3.41. The minimum absolute atomic E-state index is 0.0141. The van der Waals surface area contributed by atoms with Gasteiger partial charge in [-0.15, -0.1) is 11.3 Å². The van der Waals surface area contributed by atoms with E-state index in [4.69, 9.17) is 9.47 Å². The smallest absolute Gasteiger partial charge is 0.265 e. The van der Waals surface area contributed by atoms with Crippen LogP contribution < -0.4 is 10.1 Å². The van der Waals surface area contributed by atoms with Gasteiger partial charge in [-0.1, -0.05) is 6.58 Å². The molecule has 1 aliphatic heterocycles. The van der Waals surface area contributed by atoms with Crippen LogP contribution in [0.15, 0.2) is 41.1 Å². The number of hydrogen-bond donors (Lipinski definition) is 1. The second-order valence-corrected chi connectivity index (χ2v) is 9.99. The molecule has 1 N–H and O–H groups in total. The highest BCUT2D eigenvalue weighted by molar-refractivity contribution is 8.04. The van der Waals surface area contributed by atoms with E-state index in [9.17, 15) is 9.00 Å². The van der Waals surface area contributed by atoms with Gasteiger partial charge in [0.1, 0.15) is 5.75 Å². The fourth-order valence-corrected chi connectivity index (χ4v) is 5.36. The van der Waals surface area contributed by atoms with Gasteiger partial charge in [0.25, 0.3) is 5.91 Å². The summed E-state index contributed by atoms with van der Waals surface area (Å²) in [5.74, 6) is 4.66. The van der Waals surface area contributed by atoms with Crippen LogP contribution in [0.5, 0.6) is 5.75 Å². The zero-order chi connectivity index (χ0) is 20.1. The number of aromatic nitrogens is 1. The number of rotatable bonds is 7. The number of anilines is 1. The predicted molar refractivity (Wildman–Crippen MR) is 116 cm³/mol. The number of thiazole rings is 1. The maximum atomic E-state index is 12.9. The Kier molecular flexibility index (Phi) is 6.53. The standard InChI is InChI=1S/C20H24N2O4S2/c1-14(28(3,24)13-15-8-10-26-11-9-15)19(23)22-20-21-18(12-27-20)16-4-6-17(25-2)7-5-16/h4-7,12,15H,1,3,8-11,13H2,2H3,(H,21,22,23). The fourth-order valence-electron chi connectivity index (χ4n) is 2.96. The van der Waals surface area contributed by atoms with E-state index >= 15 is 0 Å². The van der Waals surface area contributed by atoms with Gasteiger partial charge in [-0.25, -0.2) is 4.98 Å². The van der Waals surface area contributed by atoms with Gasteiger partial charge in [0.15, 0.2) is 5.13 Å². The molecule has 150 valence electrons. The molecule has 1 saturated heterocycles. The van der Waals surface area contributed by atoms with E-state index in [1.165, 1.54) is 11.3 Å². The number of nitrogens with one attached hydrogen (secondary N) is 1. The lowest BCUT2D eigenvalue weighted by Gasteiger charge is -2.23. The van der Waals surface area contributed by atoms with Gasteiger partial charge in [-0.05, 0) is 48.9 Å². The van der Waals surface area contributed by atoms with Crippen LogP contribution in [0.1, 0.15) is 12.8 Å². The van der Waals surface area contributed by atoms with Gasteiger partial charge in [-0.2, -0.15) is 0 Å². The lowest BCUT2D eigenvalue weighted by Crippen LogP contribution is -2.27. The second-order valence-electron chi connectivity index (χ2n) is 6.68. The summed E-state index contributed by atoms with van der Waals surface area (Å²) >= 11 is 1.30. The quantitative estimate of drug-likeness (QED) is 0.549. The molecule has 2 aromatic rings. The first-order chi connectivity index (χ1) is 13.4. The number of hydrogen-bond acceptors (Lipinski definition) is 6. The Balaban J connectivity index is 1.63. The molecule has 0 bridgehead atoms. The molecule has 0 radical (unpaired) electrons. The molecular weight excluding hydrogens is 396 g/mol. The molecule has 1 amide bonds. The first-order valence-electron chi connectivity index (χ1n) is 8.92. The molecule has 6 nitrogen and oxygen atoms in total. The van der Waals surface area contributed by atoms with Crippen molar-refractivity contribution in [2.24, 2.45) is 5.92 Å². The Morgan fingerprint density at radius 1 is 1.36 bits per heavy atom. The van der Waals surface area contributed by atoms with Crippen LogP contribution in [0.25, 0.3) is 11.3 Å². The average molecular weight is 421 g/mol. The molecule has 3 rings (SSSR count). The minimum Gasteiger partial charge on any atom is -0.497 e. The monoisotopic (exact) mass is 420 g/mol. The van der Waals surface area contributed by atoms with Crippen LogP contribution >= 0.6 is 11.3 Å². The van der Waals surface area contributed by atoms with E-state index in [1.807, 2.05) is 29.6 Å². The zero-order valence-electron chi connectivity index (χ0n) is 15.8. The van der Waals surface area contributed by atoms with Crippen molar-refractivity contribution in [3.63, 3.8) is 0 Å². The molecular formula is C20H24N2O4S2. The lowest BCUT2D eigenvalue weighted by molar-refractivity contribution is -0.112. The first kappa shape index (κ1) is 20.6. The van der Waals surface area contributed by atoms with Crippen molar-refractivity contribution in [1.82, 2.24) is 4.98 Å². The van der Waals surface area contributed by atoms with Crippen molar-refractivity contribution >= 4 is 37.8 Å². The van der Waals surface area contributed by atoms with Crippen molar-refractivity contribution in [3.8, 4) is 17.0 Å². The van der Waals surface area contributed by atoms with Crippen LogP contribution in [0.2, 0.25) is 0 Å². The fraction of sp³-hybridized carbons (Fsp3) is 0.350. The van der Waals surface area contributed by atoms with E-state index in [0.29, 0.717) is 24.1 Å². The highest BCUT2D eigenvalue weighted by Gasteiger charge is 2.24. The third-order valence-electron chi connectivity index (χ3n) is 4.66. The van der Waals surface area contributed by atoms with Gasteiger partial charge < -0.3 is 9.47 Å². The Morgan fingerprint density at radius 2 is 2.04 bits per heavy atom. The maximum Gasteiger partial charge on any atom is 0.265 e. The van der Waals surface area contributed by atoms with Crippen LogP contribution in [-0.4, -0.2) is 47.0 Å². The molecule has 28 heavy (non-hydrogen) atoms. The molecule has 2 heterocycles. The first-order valence-corrected chi connectivity index (χ1v) is 11.7. The number of ether oxygens (including phenoxy) is 2. The summed E-state index contributed by atoms with van der Waals surface area (Å²) in [7, 11) is -1.12. The topological polar surface area (TPSA) is 77.5 Å². The van der Waals surface area contributed by atoms with E-state index in [0.717, 1.165) is 29.8 Å². The van der Waals surface area contributed by atoms with Crippen LogP contribution in [0, 0.1) is 5.92 Å². The van der Waals surface area contributed by atoms with Gasteiger partial charge in [-0.3, -0.25) is 14.3 Å². The van der Waals surface area contributed by atoms with Crippen molar-refractivity contribution in [3.05, 3.63) is 41.1 Å². The Morgan fingerprint density at radius 3 is 2.68 bits per heavy atom. The van der Waals surface area contributed by atoms with E-state index in [-0.39, 0.29) is 10.8 Å². The highest BCUT2D eigenvalue weighted by atomic mass is 32.2. The van der Waals surface area contributed by atoms with E-state index < -0.39 is 15.4 Å². The Hall–Kier alpha value is -2.16. The summed E-state index contributed by atoms with van der Waals surface area (Å²) < 4.78 is 23.4. The summed E-state index contributed by atoms with van der Waals surface area (Å²) in [6.45, 7) is 5.07. The Bertz CT molecular complexity index is 943. The SMILES string of the molecule is C=C(C(=O)Nc1nc(-c2ccc(OC)cc2)cs1)S(=C)(=O)CC1CCOCC1. The number of carbonyl (C=O) groups is 1. The van der Waals surface area contributed by atoms with Crippen LogP contribution in [-0.2, 0) is 19.1 Å². The highest BCUT2D eigenvalue weighted by Crippen LogP contribution is 2.27. The molecule has 1 fully saturated rings. The molecule has 1 aromatic heterocycles. The van der Waals surface area contributed by atoms with Crippen LogP contribution in [0.4, 0.5) is 5.13 Å². The number of carbonyl (C=O) groups excluding carboxylic acids is 1. The van der Waals surface area contributed by atoms with Gasteiger partial charge in [0, 0.05) is 39.4 Å². The van der Waals surface area contributed by atoms with Crippen molar-refractivity contribution in [1.29, 1.82) is 0 Å². The normalized spacial score (nSPS) is 16.9. The summed E-state index contributed by atoms with van der Waals surface area (Å²) in [4.78, 5) is 17.0. The van der Waals surface area contributed by atoms with Crippen molar-refractivity contribution in [2.45, 2.75) is 12.8 Å². The molecule has 0 aliphatic carbocycles. The number of methoxy groups -OCH3 is 1. The summed E-state index contributed by atoms with van der Waals surface area (Å²) in [6, 6.07) is 7.50. The largest absolute Gasteiger partial charge is 0.497 e. The maximum absolute atomic E-state index is 12.9. The molecule has 0 spiro atoms. The lowest BCUT2D eigenvalue weighted by atomic mass is 10.0. The van der Waals surface area contributed by atoms with Gasteiger partial charge >= 0.3 is 0 Å². The third-order valence-corrected chi connectivity index (χ3v) is 7.51.